The molecular weight excluding hydrogens is 268 g/mol. The Morgan fingerprint density at radius 2 is 2.21 bits per heavy atom. The number of aromatic amines is 1. The van der Waals surface area contributed by atoms with Gasteiger partial charge in [-0.15, -0.1) is 0 Å². The zero-order chi connectivity index (χ0) is 13.7. The van der Waals surface area contributed by atoms with Crippen molar-refractivity contribution in [1.29, 1.82) is 0 Å². The molecule has 1 aliphatic carbocycles. The number of sulfonamides is 1. The molecular formula is C12H18N2O4S. The zero-order valence-corrected chi connectivity index (χ0v) is 11.4. The third kappa shape index (κ3) is 4.45. The molecule has 2 N–H and O–H groups in total. The van der Waals surface area contributed by atoms with Gasteiger partial charge in [-0.1, -0.05) is 0 Å². The highest BCUT2D eigenvalue weighted by atomic mass is 32.2. The predicted molar refractivity (Wildman–Crippen MR) is 70.4 cm³/mol. The Bertz CT molecular complexity index is 563. The van der Waals surface area contributed by atoms with Crippen LogP contribution >= 0.6 is 0 Å². The maximum Gasteiger partial charge on any atom is 0.245 e. The first-order valence-electron chi connectivity index (χ1n) is 6.34. The van der Waals surface area contributed by atoms with Crippen LogP contribution in [0.15, 0.2) is 28.2 Å². The summed E-state index contributed by atoms with van der Waals surface area (Å²) in [7, 11) is -3.73. The highest BCUT2D eigenvalue weighted by Gasteiger charge is 2.21. The summed E-state index contributed by atoms with van der Waals surface area (Å²) >= 11 is 0. The van der Waals surface area contributed by atoms with Crippen molar-refractivity contribution in [2.45, 2.75) is 24.2 Å². The van der Waals surface area contributed by atoms with Crippen LogP contribution in [0.5, 0.6) is 0 Å². The second-order valence-corrected chi connectivity index (χ2v) is 6.38. The van der Waals surface area contributed by atoms with Gasteiger partial charge in [0.25, 0.3) is 0 Å². The molecule has 0 spiro atoms. The smallest absolute Gasteiger partial charge is 0.245 e. The van der Waals surface area contributed by atoms with Crippen molar-refractivity contribution in [1.82, 2.24) is 9.71 Å². The molecule has 7 heteroatoms. The second kappa shape index (κ2) is 6.31. The van der Waals surface area contributed by atoms with E-state index in [-0.39, 0.29) is 11.4 Å². The highest BCUT2D eigenvalue weighted by molar-refractivity contribution is 7.89. The summed E-state index contributed by atoms with van der Waals surface area (Å²) in [6.45, 7) is 1.57. The molecule has 19 heavy (non-hydrogen) atoms. The lowest BCUT2D eigenvalue weighted by molar-refractivity contribution is 0.123. The van der Waals surface area contributed by atoms with Crippen LogP contribution in [-0.2, 0) is 14.8 Å². The van der Waals surface area contributed by atoms with Gasteiger partial charge in [0.05, 0.1) is 0 Å². The number of aromatic nitrogens is 1. The van der Waals surface area contributed by atoms with E-state index in [2.05, 4.69) is 9.71 Å². The van der Waals surface area contributed by atoms with Crippen molar-refractivity contribution >= 4 is 10.0 Å². The molecule has 0 aromatic carbocycles. The molecule has 0 radical (unpaired) electrons. The molecule has 2 rings (SSSR count). The summed E-state index contributed by atoms with van der Waals surface area (Å²) in [6.07, 6.45) is 5.66. The van der Waals surface area contributed by atoms with Crippen LogP contribution in [-0.4, -0.2) is 33.2 Å². The predicted octanol–water partition coefficient (Wildman–Crippen LogP) is 0.470. The van der Waals surface area contributed by atoms with E-state index in [1.807, 2.05) is 0 Å². The van der Waals surface area contributed by atoms with E-state index in [1.54, 1.807) is 0 Å². The first-order valence-corrected chi connectivity index (χ1v) is 7.82. The Morgan fingerprint density at radius 3 is 2.89 bits per heavy atom. The van der Waals surface area contributed by atoms with E-state index < -0.39 is 15.5 Å². The van der Waals surface area contributed by atoms with Crippen LogP contribution in [0.2, 0.25) is 0 Å². The van der Waals surface area contributed by atoms with E-state index >= 15 is 0 Å². The van der Waals surface area contributed by atoms with Crippen LogP contribution in [0, 0.1) is 5.92 Å². The van der Waals surface area contributed by atoms with E-state index in [9.17, 15) is 13.2 Å². The Kier molecular flexibility index (Phi) is 4.73. The van der Waals surface area contributed by atoms with Crippen molar-refractivity contribution in [3.8, 4) is 0 Å². The van der Waals surface area contributed by atoms with Gasteiger partial charge in [-0.25, -0.2) is 13.1 Å². The summed E-state index contributed by atoms with van der Waals surface area (Å²) in [5.41, 5.74) is -0.517. The van der Waals surface area contributed by atoms with Gasteiger partial charge in [0.1, 0.15) is 4.90 Å². The van der Waals surface area contributed by atoms with Gasteiger partial charge < -0.3 is 9.72 Å². The SMILES string of the molecule is O=c1cc[nH]cc1S(=O)(=O)NCCCOCC1CC1. The Hall–Kier alpha value is -1.18. The summed E-state index contributed by atoms with van der Waals surface area (Å²) in [5, 5.41) is 0. The normalized spacial score (nSPS) is 15.6. The molecule has 1 aromatic heterocycles. The minimum absolute atomic E-state index is 0.256. The van der Waals surface area contributed by atoms with E-state index in [1.165, 1.54) is 31.3 Å². The van der Waals surface area contributed by atoms with Crippen molar-refractivity contribution < 1.29 is 13.2 Å². The molecule has 1 aliphatic rings. The van der Waals surface area contributed by atoms with Crippen LogP contribution in [0.4, 0.5) is 0 Å². The fourth-order valence-corrected chi connectivity index (χ4v) is 2.73. The van der Waals surface area contributed by atoms with Gasteiger partial charge in [0.15, 0.2) is 0 Å². The van der Waals surface area contributed by atoms with E-state index in [4.69, 9.17) is 4.74 Å². The Morgan fingerprint density at radius 1 is 1.42 bits per heavy atom. The van der Waals surface area contributed by atoms with E-state index in [0.29, 0.717) is 18.9 Å². The lowest BCUT2D eigenvalue weighted by Crippen LogP contribution is -2.29. The lowest BCUT2D eigenvalue weighted by Gasteiger charge is -2.06. The molecule has 1 heterocycles. The third-order valence-electron chi connectivity index (χ3n) is 2.89. The molecule has 0 bridgehead atoms. The fraction of sp³-hybridized carbons (Fsp3) is 0.583. The third-order valence-corrected chi connectivity index (χ3v) is 4.37. The topological polar surface area (TPSA) is 88.3 Å². The summed E-state index contributed by atoms with van der Waals surface area (Å²) in [4.78, 5) is 13.8. The number of hydrogen-bond donors (Lipinski definition) is 2. The number of rotatable bonds is 8. The molecule has 106 valence electrons. The lowest BCUT2D eigenvalue weighted by atomic mass is 10.4. The van der Waals surface area contributed by atoms with Crippen molar-refractivity contribution in [3.63, 3.8) is 0 Å². The number of pyridine rings is 1. The maximum absolute atomic E-state index is 11.8. The maximum atomic E-state index is 11.8. The first-order chi connectivity index (χ1) is 9.09. The summed E-state index contributed by atoms with van der Waals surface area (Å²) in [5.74, 6) is 0.708. The van der Waals surface area contributed by atoms with Crippen LogP contribution in [0.3, 0.4) is 0 Å². The molecule has 0 unspecified atom stereocenters. The molecule has 6 nitrogen and oxygen atoms in total. The summed E-state index contributed by atoms with van der Waals surface area (Å²) in [6, 6.07) is 1.19. The molecule has 0 saturated heterocycles. The standard InChI is InChI=1S/C12H18N2O4S/c15-11-4-6-13-8-12(11)19(16,17)14-5-1-7-18-9-10-2-3-10/h4,6,8,10,14H,1-3,5,7,9H2,(H,13,15). The van der Waals surface area contributed by atoms with Gasteiger partial charge in [0.2, 0.25) is 15.5 Å². The van der Waals surface area contributed by atoms with Gasteiger partial charge in [-0.05, 0) is 25.2 Å². The van der Waals surface area contributed by atoms with Gasteiger partial charge in [-0.3, -0.25) is 4.79 Å². The minimum Gasteiger partial charge on any atom is -0.381 e. The molecule has 0 amide bonds. The largest absolute Gasteiger partial charge is 0.381 e. The van der Waals surface area contributed by atoms with Crippen LogP contribution < -0.4 is 10.2 Å². The highest BCUT2D eigenvalue weighted by Crippen LogP contribution is 2.28. The van der Waals surface area contributed by atoms with Gasteiger partial charge >= 0.3 is 0 Å². The average molecular weight is 286 g/mol. The van der Waals surface area contributed by atoms with Gasteiger partial charge in [-0.2, -0.15) is 0 Å². The van der Waals surface area contributed by atoms with E-state index in [0.717, 1.165) is 6.61 Å². The van der Waals surface area contributed by atoms with Crippen molar-refractivity contribution in [2.24, 2.45) is 5.92 Å². The average Bonchev–Trinajstić information content (AvgIpc) is 3.18. The van der Waals surface area contributed by atoms with Crippen molar-refractivity contribution in [3.05, 3.63) is 28.7 Å². The molecule has 0 atom stereocenters. The second-order valence-electron chi connectivity index (χ2n) is 4.64. The van der Waals surface area contributed by atoms with Gasteiger partial charge in [0, 0.05) is 38.2 Å². The molecule has 1 saturated carbocycles. The zero-order valence-electron chi connectivity index (χ0n) is 10.6. The fourth-order valence-electron chi connectivity index (χ4n) is 1.60. The Labute approximate surface area is 112 Å². The number of hydrogen-bond acceptors (Lipinski definition) is 4. The van der Waals surface area contributed by atoms with Crippen LogP contribution in [0.1, 0.15) is 19.3 Å². The number of nitrogens with one attached hydrogen (secondary N) is 2. The first kappa shape index (κ1) is 14.2. The minimum atomic E-state index is -3.73. The molecule has 1 aromatic rings. The number of H-pyrrole nitrogens is 1. The Balaban J connectivity index is 1.74. The van der Waals surface area contributed by atoms with Crippen molar-refractivity contribution in [2.75, 3.05) is 19.8 Å². The monoisotopic (exact) mass is 286 g/mol. The number of ether oxygens (including phenoxy) is 1. The van der Waals surface area contributed by atoms with Crippen LogP contribution in [0.25, 0.3) is 0 Å². The summed E-state index contributed by atoms with van der Waals surface area (Å²) < 4.78 is 31.5. The molecule has 1 fully saturated rings. The molecule has 0 aliphatic heterocycles. The quantitative estimate of drug-likeness (QED) is 0.680.